The molecule has 1 saturated carbocycles. The number of anilines is 2. The van der Waals surface area contributed by atoms with Gasteiger partial charge in [-0.3, -0.25) is 38.4 Å². The van der Waals surface area contributed by atoms with E-state index in [0.717, 1.165) is 64.2 Å². The number of aryl methyl sites for hydroxylation is 1. The summed E-state index contributed by atoms with van der Waals surface area (Å²) >= 11 is 0. The van der Waals surface area contributed by atoms with E-state index in [4.69, 9.17) is 28.4 Å². The number of para-hydroxylation sites is 1. The van der Waals surface area contributed by atoms with E-state index in [-0.39, 0.29) is 134 Å². The van der Waals surface area contributed by atoms with Crippen LogP contribution in [0.15, 0.2) is 128 Å². The van der Waals surface area contributed by atoms with Crippen LogP contribution in [0.2, 0.25) is 0 Å². The zero-order chi connectivity index (χ0) is 74.3. The second-order valence-electron chi connectivity index (χ2n) is 28.9. The minimum atomic E-state index is -1.48. The lowest BCUT2D eigenvalue weighted by molar-refractivity contribution is -0.139. The van der Waals surface area contributed by atoms with Crippen LogP contribution in [-0.2, 0) is 59.5 Å². The number of amides is 7. The average molecular weight is 1440 g/mol. The molecule has 23 heteroatoms. The standard InChI is InChI=1S/C83H89N7O16/c1-51(2)38-65(85-78(96)67-16-10-35-86(67)77(95)46-84-75(93)31-27-61(91)28-32-76(94)88-47-58-14-7-6-12-54(58)21-22-56-13-8-9-15-66(56)88)70(92)39-52-17-19-53(20-18-52)49-106-82(100)90-68-44-74(72(103-5)43-64(68)80(98)89-50-83(33-34-83)45-69(89)81(90)99)105-37-11-36-104-73-41-57-23-26-60-40-59(55-24-29-62(101-3)30-25-55)48-87(60)79(97)63(57)42-71(73)102-4/h6-9,12-15,17-20,24-25,29-30,41-44,48,51,60,65,67,69,81,99H,10-11,16,23,26-28,31-40,45-47,49-50H2,1-5H3,(H,84,93)(H,85,96)/t60-,65+,67+,69+,81?/m1/s1. The van der Waals surface area contributed by atoms with Crippen molar-refractivity contribution < 1.29 is 76.7 Å². The summed E-state index contributed by atoms with van der Waals surface area (Å²) in [4.78, 5) is 132. The minimum absolute atomic E-state index is 0.00665. The predicted octanol–water partition coefficient (Wildman–Crippen LogP) is 10.1. The van der Waals surface area contributed by atoms with E-state index >= 15 is 0 Å². The zero-order valence-electron chi connectivity index (χ0n) is 60.5. The first-order valence-electron chi connectivity index (χ1n) is 36.6. The predicted molar refractivity (Wildman–Crippen MR) is 393 cm³/mol. The second-order valence-corrected chi connectivity index (χ2v) is 28.9. The summed E-state index contributed by atoms with van der Waals surface area (Å²) in [5.41, 5.74) is 7.90. The molecule has 2 saturated heterocycles. The van der Waals surface area contributed by atoms with Gasteiger partial charge in [0.25, 0.3) is 11.8 Å². The number of benzene rings is 6. The highest BCUT2D eigenvalue weighted by Gasteiger charge is 2.58. The summed E-state index contributed by atoms with van der Waals surface area (Å²) in [5.74, 6) is 5.76. The molecule has 6 aromatic carbocycles. The SMILES string of the molecule is COc1ccc(C2=CN3C(=O)c4cc(OC)c(OCCCOc5cc6c(cc5OC)C(=O)N5CC7(CC7)C[C@H]5C(O)N6C(=O)OCc5ccc(CC(=O)[C@H](CC(C)C)NC(=O)[C@@H]6CCCN6C(=O)CNC(=O)CCC(=O)CCC(=O)N6Cc7ccccc7C#Cc7ccccc76)cc5)cc4CC[C@@H]3C2)cc1. The zero-order valence-corrected chi connectivity index (χ0v) is 60.5. The first-order valence-corrected chi connectivity index (χ1v) is 36.6. The van der Waals surface area contributed by atoms with E-state index in [2.05, 4.69) is 22.5 Å². The molecular formula is C83H89N7O16. The number of carbonyl (C=O) groups is 9. The molecule has 0 bridgehead atoms. The summed E-state index contributed by atoms with van der Waals surface area (Å²) in [6.07, 6.45) is 5.11. The molecule has 6 heterocycles. The number of aliphatic hydroxyl groups is 1. The number of ketones is 2. The molecule has 0 aromatic heterocycles. The van der Waals surface area contributed by atoms with E-state index in [1.807, 2.05) is 104 Å². The molecule has 3 fully saturated rings. The topological polar surface area (TPSA) is 270 Å². The van der Waals surface area contributed by atoms with Gasteiger partial charge in [0.05, 0.1) is 76.7 Å². The Morgan fingerprint density at radius 1 is 0.698 bits per heavy atom. The summed E-state index contributed by atoms with van der Waals surface area (Å²) < 4.78 is 35.5. The molecule has 1 aliphatic carbocycles. The van der Waals surface area contributed by atoms with Crippen LogP contribution in [0.3, 0.4) is 0 Å². The van der Waals surface area contributed by atoms with Gasteiger partial charge >= 0.3 is 6.09 Å². The van der Waals surface area contributed by atoms with Gasteiger partial charge in [-0.05, 0) is 151 Å². The Morgan fingerprint density at radius 2 is 1.39 bits per heavy atom. The number of fused-ring (bicyclic) bond motifs is 6. The molecular weight excluding hydrogens is 1350 g/mol. The molecule has 106 heavy (non-hydrogen) atoms. The molecule has 13 rings (SSSR count). The fraction of sp³-hybridized carbons (Fsp3) is 0.410. The Labute approximate surface area is 616 Å². The van der Waals surface area contributed by atoms with Crippen LogP contribution >= 0.6 is 0 Å². The van der Waals surface area contributed by atoms with Gasteiger partial charge < -0.3 is 63.8 Å². The number of hydrogen-bond donors (Lipinski definition) is 3. The number of hydrogen-bond acceptors (Lipinski definition) is 16. The Balaban J connectivity index is 0.589. The molecule has 3 N–H and O–H groups in total. The lowest BCUT2D eigenvalue weighted by Crippen LogP contribution is -2.52. The van der Waals surface area contributed by atoms with E-state index in [1.165, 1.54) is 31.3 Å². The lowest BCUT2D eigenvalue weighted by atomic mass is 9.95. The van der Waals surface area contributed by atoms with Crippen molar-refractivity contribution in [3.63, 3.8) is 0 Å². The number of aliphatic hydroxyl groups excluding tert-OH is 1. The molecule has 23 nitrogen and oxygen atoms in total. The number of nitrogens with one attached hydrogen (secondary N) is 2. The molecule has 5 atom stereocenters. The first-order chi connectivity index (χ1) is 51.3. The summed E-state index contributed by atoms with van der Waals surface area (Å²) in [6, 6.07) is 33.9. The second kappa shape index (κ2) is 32.2. The van der Waals surface area contributed by atoms with Crippen LogP contribution in [0.5, 0.6) is 28.7 Å². The molecule has 552 valence electrons. The van der Waals surface area contributed by atoms with Crippen molar-refractivity contribution in [3.05, 3.63) is 178 Å². The number of Topliss-reactive ketones (excluding diaryl/α,β-unsaturated/α-hetero) is 2. The minimum Gasteiger partial charge on any atom is -0.497 e. The largest absolute Gasteiger partial charge is 0.497 e. The third-order valence-corrected chi connectivity index (χ3v) is 21.3. The summed E-state index contributed by atoms with van der Waals surface area (Å²) in [5, 5.41) is 17.8. The fourth-order valence-electron chi connectivity index (χ4n) is 15.3. The first kappa shape index (κ1) is 73.3. The lowest BCUT2D eigenvalue weighted by Gasteiger charge is -2.31. The van der Waals surface area contributed by atoms with Crippen LogP contribution in [0.25, 0.3) is 5.57 Å². The van der Waals surface area contributed by atoms with Crippen molar-refractivity contribution >= 4 is 70.1 Å². The van der Waals surface area contributed by atoms with Crippen molar-refractivity contribution in [2.45, 2.75) is 154 Å². The fourth-order valence-corrected chi connectivity index (χ4v) is 15.3. The molecule has 6 aromatic rings. The Kier molecular flexibility index (Phi) is 22.3. The van der Waals surface area contributed by atoms with Gasteiger partial charge in [-0.1, -0.05) is 92.4 Å². The van der Waals surface area contributed by atoms with Crippen LogP contribution in [-0.4, -0.2) is 157 Å². The number of likely N-dealkylation sites (tertiary alicyclic amines) is 1. The molecule has 7 aliphatic rings. The highest BCUT2D eigenvalue weighted by atomic mass is 16.6. The molecule has 6 aliphatic heterocycles. The quantitative estimate of drug-likeness (QED) is 0.0320. The van der Waals surface area contributed by atoms with Crippen LogP contribution < -0.4 is 44.1 Å². The number of carbonyl (C=O) groups excluding carboxylic acids is 9. The third kappa shape index (κ3) is 16.3. The average Bonchev–Trinajstić information content (AvgIpc) is 1.56. The number of ether oxygens (including phenoxy) is 6. The Hall–Kier alpha value is -11.0. The van der Waals surface area contributed by atoms with E-state index < -0.39 is 54.7 Å². The van der Waals surface area contributed by atoms with Crippen LogP contribution in [0.4, 0.5) is 16.2 Å². The highest BCUT2D eigenvalue weighted by molar-refractivity contribution is 6.06. The van der Waals surface area contributed by atoms with Gasteiger partial charge in [0.2, 0.25) is 23.6 Å². The van der Waals surface area contributed by atoms with E-state index in [0.29, 0.717) is 84.5 Å². The molecule has 7 amide bonds. The van der Waals surface area contributed by atoms with Crippen molar-refractivity contribution in [3.8, 4) is 40.6 Å². The monoisotopic (exact) mass is 1440 g/mol. The molecule has 1 spiro atoms. The van der Waals surface area contributed by atoms with E-state index in [1.54, 1.807) is 47.2 Å². The molecule has 0 radical (unpaired) electrons. The van der Waals surface area contributed by atoms with Crippen molar-refractivity contribution in [2.75, 3.05) is 64.0 Å². The normalized spacial score (nSPS) is 18.9. The van der Waals surface area contributed by atoms with Crippen LogP contribution in [0, 0.1) is 23.2 Å². The van der Waals surface area contributed by atoms with Gasteiger partial charge in [0.1, 0.15) is 24.2 Å². The van der Waals surface area contributed by atoms with E-state index in [9.17, 15) is 48.3 Å². The smallest absolute Gasteiger partial charge is 0.416 e. The summed E-state index contributed by atoms with van der Waals surface area (Å²) in [6.45, 7) is 4.56. The van der Waals surface area contributed by atoms with Crippen molar-refractivity contribution in [1.82, 2.24) is 25.3 Å². The summed E-state index contributed by atoms with van der Waals surface area (Å²) in [7, 11) is 4.62. The molecule has 1 unspecified atom stereocenters. The van der Waals surface area contributed by atoms with Crippen LogP contribution in [0.1, 0.15) is 157 Å². The maximum Gasteiger partial charge on any atom is 0.416 e. The maximum absolute atomic E-state index is 14.6. The highest BCUT2D eigenvalue weighted by Crippen LogP contribution is 2.57. The number of rotatable bonds is 27. The number of methoxy groups -OCH3 is 3. The van der Waals surface area contributed by atoms with Crippen molar-refractivity contribution in [2.24, 2.45) is 11.3 Å². The Bertz CT molecular complexity index is 4500. The van der Waals surface area contributed by atoms with Gasteiger partial charge in [0.15, 0.2) is 35.0 Å². The third-order valence-electron chi connectivity index (χ3n) is 21.3. The number of nitrogens with zero attached hydrogens (tertiary/aromatic N) is 5. The van der Waals surface area contributed by atoms with Gasteiger partial charge in [-0.2, -0.15) is 0 Å². The Morgan fingerprint density at radius 3 is 2.11 bits per heavy atom. The maximum atomic E-state index is 14.6. The van der Waals surface area contributed by atoms with Gasteiger partial charge in [-0.25, -0.2) is 9.69 Å². The van der Waals surface area contributed by atoms with Crippen molar-refractivity contribution in [1.29, 1.82) is 0 Å². The van der Waals surface area contributed by atoms with Gasteiger partial charge in [0, 0.05) is 86.6 Å². The van der Waals surface area contributed by atoms with Gasteiger partial charge in [-0.15, -0.1) is 0 Å².